The second-order valence-electron chi connectivity index (χ2n) is 8.60. The van der Waals surface area contributed by atoms with Crippen molar-refractivity contribution in [2.75, 3.05) is 14.1 Å². The van der Waals surface area contributed by atoms with Crippen LogP contribution in [0, 0.1) is 6.92 Å². The van der Waals surface area contributed by atoms with Crippen LogP contribution in [0.4, 0.5) is 0 Å². The molecule has 0 saturated carbocycles. The van der Waals surface area contributed by atoms with E-state index < -0.39 is 0 Å². The fourth-order valence-electron chi connectivity index (χ4n) is 3.03. The molecule has 9 heteroatoms. The minimum absolute atomic E-state index is 0.524. The van der Waals surface area contributed by atoms with E-state index in [9.17, 15) is 0 Å². The Balaban J connectivity index is 0.000000234. The van der Waals surface area contributed by atoms with E-state index in [-0.39, 0.29) is 0 Å². The number of hydrogen-bond acceptors (Lipinski definition) is 9. The average molecular weight is 487 g/mol. The Bertz CT molecular complexity index is 769. The van der Waals surface area contributed by atoms with Crippen molar-refractivity contribution in [2.45, 2.75) is 94.2 Å². The van der Waals surface area contributed by atoms with Crippen LogP contribution in [0.1, 0.15) is 85.2 Å². The number of aryl methyl sites for hydroxylation is 1. The number of allylic oxidation sites excluding steroid dienone is 4. The summed E-state index contributed by atoms with van der Waals surface area (Å²) in [5, 5.41) is 14.6. The van der Waals surface area contributed by atoms with E-state index in [2.05, 4.69) is 112 Å². The van der Waals surface area contributed by atoms with E-state index in [0.717, 1.165) is 10.0 Å². The van der Waals surface area contributed by atoms with Gasteiger partial charge in [0.15, 0.2) is 0 Å². The number of nitrogens with zero attached hydrogens (tertiary/aromatic N) is 6. The van der Waals surface area contributed by atoms with Crippen LogP contribution in [-0.4, -0.2) is 55.2 Å². The fourth-order valence-corrected chi connectivity index (χ4v) is 5.76. The number of aromatic nitrogens is 2. The van der Waals surface area contributed by atoms with Crippen molar-refractivity contribution in [2.24, 2.45) is 0 Å². The molecule has 2 aliphatic heterocycles. The first-order chi connectivity index (χ1) is 14.3. The zero-order valence-corrected chi connectivity index (χ0v) is 24.1. The normalized spacial score (nSPS) is 17.8. The maximum atomic E-state index is 3.98. The van der Waals surface area contributed by atoms with Gasteiger partial charge >= 0.3 is 0 Å². The maximum Gasteiger partial charge on any atom is 0.119 e. The van der Waals surface area contributed by atoms with Crippen molar-refractivity contribution in [1.29, 1.82) is 0 Å². The molecule has 3 rings (SSSR count). The van der Waals surface area contributed by atoms with Crippen LogP contribution in [0.2, 0.25) is 0 Å². The zero-order chi connectivity index (χ0) is 24.0. The molecule has 0 bridgehead atoms. The van der Waals surface area contributed by atoms with Gasteiger partial charge in [0.1, 0.15) is 10.0 Å². The summed E-state index contributed by atoms with van der Waals surface area (Å²) in [6.45, 7) is 23.7. The predicted octanol–water partition coefficient (Wildman–Crippen LogP) is 6.88. The summed E-state index contributed by atoms with van der Waals surface area (Å²) in [6.07, 6.45) is 0. The van der Waals surface area contributed by atoms with Gasteiger partial charge in [-0.1, -0.05) is 13.8 Å². The van der Waals surface area contributed by atoms with E-state index in [1.165, 1.54) is 21.2 Å². The number of rotatable bonds is 3. The summed E-state index contributed by atoms with van der Waals surface area (Å²) in [5.74, 6) is 0.524. The minimum atomic E-state index is 0.524. The third-order valence-corrected chi connectivity index (χ3v) is 8.48. The summed E-state index contributed by atoms with van der Waals surface area (Å²) in [6, 6.07) is 1.13. The lowest BCUT2D eigenvalue weighted by Gasteiger charge is -2.30. The van der Waals surface area contributed by atoms with Gasteiger partial charge in [-0.3, -0.25) is 5.01 Å². The first kappa shape index (κ1) is 28.3. The maximum absolute atomic E-state index is 3.98. The van der Waals surface area contributed by atoms with E-state index in [4.69, 9.17) is 0 Å². The predicted molar refractivity (Wildman–Crippen MR) is 140 cm³/mol. The van der Waals surface area contributed by atoms with Crippen molar-refractivity contribution in [3.63, 3.8) is 0 Å². The van der Waals surface area contributed by atoms with Gasteiger partial charge in [0.05, 0.1) is 0 Å². The molecule has 0 saturated heterocycles. The molecule has 0 aliphatic carbocycles. The van der Waals surface area contributed by atoms with E-state index in [1.807, 2.05) is 18.9 Å². The average Bonchev–Trinajstić information content (AvgIpc) is 3.29. The topological polar surface area (TPSA) is 38.7 Å². The molecule has 0 radical (unpaired) electrons. The Labute approximate surface area is 203 Å². The molecular formula is C22H42N6S3. The summed E-state index contributed by atoms with van der Waals surface area (Å²) < 4.78 is 4.47. The Morgan fingerprint density at radius 1 is 0.710 bits per heavy atom. The van der Waals surface area contributed by atoms with E-state index in [0.29, 0.717) is 18.0 Å². The number of hydrogen-bond donors (Lipinski definition) is 0. The lowest BCUT2D eigenvalue weighted by molar-refractivity contribution is 0.114. The van der Waals surface area contributed by atoms with Crippen LogP contribution in [-0.2, 0) is 0 Å². The van der Waals surface area contributed by atoms with Crippen LogP contribution in [0.5, 0.6) is 0 Å². The third-order valence-electron chi connectivity index (χ3n) is 4.91. The monoisotopic (exact) mass is 486 g/mol. The fraction of sp³-hybridized carbons (Fsp3) is 0.727. The van der Waals surface area contributed by atoms with Gasteiger partial charge in [0.2, 0.25) is 0 Å². The smallest absolute Gasteiger partial charge is 0.119 e. The van der Waals surface area contributed by atoms with Crippen molar-refractivity contribution in [3.8, 4) is 0 Å². The molecule has 0 N–H and O–H groups in total. The van der Waals surface area contributed by atoms with E-state index in [1.54, 1.807) is 23.3 Å². The quantitative estimate of drug-likeness (QED) is 0.428. The molecule has 6 nitrogen and oxygen atoms in total. The van der Waals surface area contributed by atoms with Crippen LogP contribution >= 0.6 is 35.2 Å². The molecule has 3 heterocycles. The standard InChI is InChI=1S/2C8H16N2S.C6H10N2S/c1-6(2)10-7(3)8(4)11-9(10)5;1-6(2)10-9(5)7(3)8(4)11-10;1-4(2)6-8-7-5(3)9-6/h2*6H,1-5H3;4H,1-3H3. The van der Waals surface area contributed by atoms with Gasteiger partial charge in [-0.15, -0.1) is 21.5 Å². The minimum Gasteiger partial charge on any atom is -0.302 e. The molecule has 0 spiro atoms. The molecule has 1 aromatic rings. The largest absolute Gasteiger partial charge is 0.302 e. The number of hydrazine groups is 2. The Kier molecular flexibility index (Phi) is 11.4. The summed E-state index contributed by atoms with van der Waals surface area (Å²) >= 11 is 5.31. The van der Waals surface area contributed by atoms with Gasteiger partial charge < -0.3 is 5.01 Å². The molecule has 0 fully saturated rings. The summed E-state index contributed by atoms with van der Waals surface area (Å²) in [5.41, 5.74) is 2.75. The third kappa shape index (κ3) is 7.96. The van der Waals surface area contributed by atoms with Crippen molar-refractivity contribution in [1.82, 2.24) is 29.0 Å². The molecule has 31 heavy (non-hydrogen) atoms. The van der Waals surface area contributed by atoms with Crippen LogP contribution < -0.4 is 0 Å². The molecule has 0 aromatic carbocycles. The lowest BCUT2D eigenvalue weighted by Crippen LogP contribution is -2.35. The Hall–Kier alpha value is -0.740. The van der Waals surface area contributed by atoms with Gasteiger partial charge in [0, 0.05) is 53.3 Å². The molecule has 1 aromatic heterocycles. The lowest BCUT2D eigenvalue weighted by atomic mass is 10.2. The molecule has 178 valence electrons. The second-order valence-corrected chi connectivity index (χ2v) is 12.3. The Morgan fingerprint density at radius 3 is 1.45 bits per heavy atom. The zero-order valence-electron chi connectivity index (χ0n) is 21.6. The summed E-state index contributed by atoms with van der Waals surface area (Å²) in [4.78, 5) is 2.81. The molecular weight excluding hydrogens is 444 g/mol. The van der Waals surface area contributed by atoms with Crippen molar-refractivity contribution in [3.05, 3.63) is 31.2 Å². The highest BCUT2D eigenvalue weighted by molar-refractivity contribution is 8.01. The molecule has 2 aliphatic rings. The SMILES string of the molecule is CC1=C(C)N(C(C)C)N(C)S1.CC1=C(C)N(C)N(C(C)C)S1.Cc1nnc(C(C)C)s1. The van der Waals surface area contributed by atoms with Crippen LogP contribution in [0.25, 0.3) is 0 Å². The molecule has 0 amide bonds. The summed E-state index contributed by atoms with van der Waals surface area (Å²) in [7, 11) is 4.21. The van der Waals surface area contributed by atoms with Crippen molar-refractivity contribution >= 4 is 35.2 Å². The second kappa shape index (κ2) is 12.5. The molecule has 0 unspecified atom stereocenters. The highest BCUT2D eigenvalue weighted by Gasteiger charge is 2.25. The van der Waals surface area contributed by atoms with Gasteiger partial charge in [-0.2, -0.15) is 8.83 Å². The first-order valence-corrected chi connectivity index (χ1v) is 13.2. The first-order valence-electron chi connectivity index (χ1n) is 10.8. The van der Waals surface area contributed by atoms with E-state index >= 15 is 0 Å². The van der Waals surface area contributed by atoms with Crippen molar-refractivity contribution < 1.29 is 0 Å². The Morgan fingerprint density at radius 2 is 1.26 bits per heavy atom. The van der Waals surface area contributed by atoms with Gasteiger partial charge in [0.25, 0.3) is 0 Å². The van der Waals surface area contributed by atoms with Crippen LogP contribution in [0.3, 0.4) is 0 Å². The van der Waals surface area contributed by atoms with Gasteiger partial charge in [-0.05, 0) is 86.2 Å². The van der Waals surface area contributed by atoms with Crippen LogP contribution in [0.15, 0.2) is 21.2 Å². The highest BCUT2D eigenvalue weighted by Crippen LogP contribution is 2.36. The highest BCUT2D eigenvalue weighted by atomic mass is 32.2. The molecule has 0 atom stereocenters. The van der Waals surface area contributed by atoms with Gasteiger partial charge in [-0.25, -0.2) is 0 Å².